The van der Waals surface area contributed by atoms with Gasteiger partial charge in [0, 0.05) is 17.3 Å². The molecule has 6 nitrogen and oxygen atoms in total. The van der Waals surface area contributed by atoms with E-state index >= 15 is 0 Å². The Hall–Kier alpha value is -3.48. The number of H-pyrrole nitrogens is 1. The second-order valence-electron chi connectivity index (χ2n) is 5.64. The lowest BCUT2D eigenvalue weighted by atomic mass is 10.1. The van der Waals surface area contributed by atoms with Crippen LogP contribution in [0.2, 0.25) is 0 Å². The third kappa shape index (κ3) is 2.76. The van der Waals surface area contributed by atoms with Crippen molar-refractivity contribution in [3.8, 4) is 11.3 Å². The summed E-state index contributed by atoms with van der Waals surface area (Å²) in [6.07, 6.45) is 0. The Morgan fingerprint density at radius 3 is 2.68 bits per heavy atom. The Kier molecular flexibility index (Phi) is 3.53. The van der Waals surface area contributed by atoms with Crippen molar-refractivity contribution >= 4 is 17.3 Å². The molecule has 25 heavy (non-hydrogen) atoms. The van der Waals surface area contributed by atoms with E-state index in [1.54, 1.807) is 19.1 Å². The number of anilines is 2. The van der Waals surface area contributed by atoms with Crippen LogP contribution in [-0.2, 0) is 0 Å². The van der Waals surface area contributed by atoms with Crippen LogP contribution in [0.3, 0.4) is 0 Å². The molecule has 124 valence electrons. The predicted octanol–water partition coefficient (Wildman–Crippen LogP) is 3.28. The zero-order valence-corrected chi connectivity index (χ0v) is 13.3. The maximum atomic E-state index is 13.3. The highest BCUT2D eigenvalue weighted by molar-refractivity contribution is 5.68. The minimum absolute atomic E-state index is 0.310. The topological polar surface area (TPSA) is 75.1 Å². The SMILES string of the molecule is Cc1cc(F)ccc1Nc1nc(-c2ccccc2)cc2n[nH]c(=O)n12. The number of hydrogen-bond acceptors (Lipinski definition) is 4. The second kappa shape index (κ2) is 5.86. The monoisotopic (exact) mass is 335 g/mol. The van der Waals surface area contributed by atoms with Crippen LogP contribution in [0.5, 0.6) is 0 Å². The summed E-state index contributed by atoms with van der Waals surface area (Å²) in [6, 6.07) is 15.7. The van der Waals surface area contributed by atoms with Crippen LogP contribution in [0.4, 0.5) is 16.0 Å². The number of halogens is 1. The van der Waals surface area contributed by atoms with Gasteiger partial charge in [-0.2, -0.15) is 5.10 Å². The van der Waals surface area contributed by atoms with Gasteiger partial charge in [-0.15, -0.1) is 0 Å². The predicted molar refractivity (Wildman–Crippen MR) is 93.5 cm³/mol. The minimum atomic E-state index is -0.399. The van der Waals surface area contributed by atoms with Gasteiger partial charge in [-0.25, -0.2) is 23.7 Å². The van der Waals surface area contributed by atoms with Crippen LogP contribution in [0.1, 0.15) is 5.56 Å². The van der Waals surface area contributed by atoms with Gasteiger partial charge in [-0.05, 0) is 30.7 Å². The fraction of sp³-hybridized carbons (Fsp3) is 0.0556. The van der Waals surface area contributed by atoms with E-state index in [1.807, 2.05) is 30.3 Å². The van der Waals surface area contributed by atoms with E-state index in [0.717, 1.165) is 5.56 Å². The summed E-state index contributed by atoms with van der Waals surface area (Å²) >= 11 is 0. The lowest BCUT2D eigenvalue weighted by Crippen LogP contribution is -2.15. The molecule has 0 unspecified atom stereocenters. The number of rotatable bonds is 3. The van der Waals surface area contributed by atoms with Crippen molar-refractivity contribution in [2.24, 2.45) is 0 Å². The number of hydrogen-bond donors (Lipinski definition) is 2. The largest absolute Gasteiger partial charge is 0.350 e. The van der Waals surface area contributed by atoms with Crippen LogP contribution in [0, 0.1) is 12.7 Å². The Bertz CT molecular complexity index is 1120. The maximum Gasteiger partial charge on any atom is 0.350 e. The summed E-state index contributed by atoms with van der Waals surface area (Å²) in [5.74, 6) is -0.00974. The number of aryl methyl sites for hydroxylation is 1. The highest BCUT2D eigenvalue weighted by Gasteiger charge is 2.12. The van der Waals surface area contributed by atoms with Crippen molar-refractivity contribution in [3.05, 3.63) is 76.5 Å². The molecule has 0 fully saturated rings. The molecule has 0 aliphatic heterocycles. The first kappa shape index (κ1) is 15.1. The lowest BCUT2D eigenvalue weighted by molar-refractivity contribution is 0.627. The first-order valence-electron chi connectivity index (χ1n) is 7.68. The standard InChI is InChI=1S/C18H14FN5O/c1-11-9-13(19)7-8-14(11)20-17-21-15(12-5-3-2-4-6-12)10-16-22-23-18(25)24(16)17/h2-10H,1H3,(H,20,21)(H,23,25). The Labute approximate surface area is 142 Å². The summed E-state index contributed by atoms with van der Waals surface area (Å²) in [7, 11) is 0. The molecule has 0 spiro atoms. The molecular formula is C18H14FN5O. The molecular weight excluding hydrogens is 321 g/mol. The maximum absolute atomic E-state index is 13.3. The number of benzene rings is 2. The van der Waals surface area contributed by atoms with Gasteiger partial charge in [0.15, 0.2) is 5.65 Å². The zero-order chi connectivity index (χ0) is 17.4. The Morgan fingerprint density at radius 2 is 1.92 bits per heavy atom. The Morgan fingerprint density at radius 1 is 1.12 bits per heavy atom. The number of nitrogens with zero attached hydrogens (tertiary/aromatic N) is 3. The first-order valence-corrected chi connectivity index (χ1v) is 7.68. The van der Waals surface area contributed by atoms with Crippen molar-refractivity contribution in [2.45, 2.75) is 6.92 Å². The molecule has 0 saturated heterocycles. The van der Waals surface area contributed by atoms with Gasteiger partial charge < -0.3 is 5.32 Å². The zero-order valence-electron chi connectivity index (χ0n) is 13.3. The average molecular weight is 335 g/mol. The fourth-order valence-corrected chi connectivity index (χ4v) is 2.66. The molecule has 0 amide bonds. The number of aromatic nitrogens is 4. The van der Waals surface area contributed by atoms with Crippen molar-refractivity contribution < 1.29 is 4.39 Å². The van der Waals surface area contributed by atoms with E-state index in [2.05, 4.69) is 20.5 Å². The number of fused-ring (bicyclic) bond motifs is 1. The van der Waals surface area contributed by atoms with E-state index in [9.17, 15) is 9.18 Å². The highest BCUT2D eigenvalue weighted by atomic mass is 19.1. The second-order valence-corrected chi connectivity index (χ2v) is 5.64. The van der Waals surface area contributed by atoms with E-state index in [1.165, 1.54) is 16.5 Å². The molecule has 0 saturated carbocycles. The third-order valence-corrected chi connectivity index (χ3v) is 3.91. The number of nitrogens with one attached hydrogen (secondary N) is 2. The van der Waals surface area contributed by atoms with E-state index in [4.69, 9.17) is 0 Å². The molecule has 0 aliphatic carbocycles. The van der Waals surface area contributed by atoms with Crippen molar-refractivity contribution in [1.82, 2.24) is 19.6 Å². The summed E-state index contributed by atoms with van der Waals surface area (Å²) in [6.45, 7) is 1.78. The molecule has 4 aromatic rings. The lowest BCUT2D eigenvalue weighted by Gasteiger charge is -2.11. The van der Waals surface area contributed by atoms with Gasteiger partial charge in [0.2, 0.25) is 5.95 Å². The minimum Gasteiger partial charge on any atom is -0.325 e. The van der Waals surface area contributed by atoms with Gasteiger partial charge >= 0.3 is 5.69 Å². The molecule has 0 aliphatic rings. The first-order chi connectivity index (χ1) is 12.1. The van der Waals surface area contributed by atoms with Crippen LogP contribution in [-0.4, -0.2) is 19.6 Å². The smallest absolute Gasteiger partial charge is 0.325 e. The van der Waals surface area contributed by atoms with Gasteiger partial charge in [0.25, 0.3) is 0 Å². The van der Waals surface area contributed by atoms with E-state index in [-0.39, 0.29) is 5.82 Å². The summed E-state index contributed by atoms with van der Waals surface area (Å²) in [5, 5.41) is 9.56. The molecule has 0 radical (unpaired) electrons. The quantitative estimate of drug-likeness (QED) is 0.602. The van der Waals surface area contributed by atoms with E-state index < -0.39 is 5.69 Å². The van der Waals surface area contributed by atoms with Crippen molar-refractivity contribution in [2.75, 3.05) is 5.32 Å². The third-order valence-electron chi connectivity index (χ3n) is 3.91. The van der Waals surface area contributed by atoms with Gasteiger partial charge in [0.1, 0.15) is 5.82 Å². The molecule has 2 aromatic carbocycles. The molecule has 4 rings (SSSR count). The Balaban J connectivity index is 1.89. The molecule has 2 aromatic heterocycles. The van der Waals surface area contributed by atoms with Crippen LogP contribution >= 0.6 is 0 Å². The van der Waals surface area contributed by atoms with Crippen molar-refractivity contribution in [1.29, 1.82) is 0 Å². The molecule has 0 atom stereocenters. The average Bonchev–Trinajstić information content (AvgIpc) is 2.99. The summed E-state index contributed by atoms with van der Waals surface area (Å²) in [5.41, 5.74) is 2.99. The summed E-state index contributed by atoms with van der Waals surface area (Å²) < 4.78 is 14.7. The molecule has 2 N–H and O–H groups in total. The van der Waals surface area contributed by atoms with Crippen molar-refractivity contribution in [3.63, 3.8) is 0 Å². The molecule has 2 heterocycles. The van der Waals surface area contributed by atoms with Gasteiger partial charge in [-0.3, -0.25) is 0 Å². The number of aromatic amines is 1. The summed E-state index contributed by atoms with van der Waals surface area (Å²) in [4.78, 5) is 16.6. The van der Waals surface area contributed by atoms with Crippen LogP contribution in [0.25, 0.3) is 16.9 Å². The van der Waals surface area contributed by atoms with E-state index in [0.29, 0.717) is 28.5 Å². The van der Waals surface area contributed by atoms with Crippen LogP contribution < -0.4 is 11.0 Å². The molecule has 7 heteroatoms. The fourth-order valence-electron chi connectivity index (χ4n) is 2.66. The van der Waals surface area contributed by atoms with Crippen LogP contribution in [0.15, 0.2) is 59.4 Å². The molecule has 0 bridgehead atoms. The van der Waals surface area contributed by atoms with Gasteiger partial charge in [-0.1, -0.05) is 30.3 Å². The highest BCUT2D eigenvalue weighted by Crippen LogP contribution is 2.24. The van der Waals surface area contributed by atoms with Gasteiger partial charge in [0.05, 0.1) is 5.69 Å². The normalized spacial score (nSPS) is 11.0.